The lowest BCUT2D eigenvalue weighted by atomic mass is 10.1. The van der Waals surface area contributed by atoms with Gasteiger partial charge in [-0.15, -0.1) is 0 Å². The number of ether oxygens (including phenoxy) is 1. The summed E-state index contributed by atoms with van der Waals surface area (Å²) in [5, 5.41) is 2.84. The van der Waals surface area contributed by atoms with Crippen LogP contribution in [-0.2, 0) is 4.79 Å². The molecule has 0 aliphatic carbocycles. The van der Waals surface area contributed by atoms with Crippen molar-refractivity contribution in [2.45, 2.75) is 26.3 Å². The molecule has 1 N–H and O–H groups in total. The summed E-state index contributed by atoms with van der Waals surface area (Å²) in [5.41, 5.74) is 3.65. The van der Waals surface area contributed by atoms with Crippen LogP contribution in [0.5, 0.6) is 5.75 Å². The van der Waals surface area contributed by atoms with E-state index in [9.17, 15) is 9.59 Å². The van der Waals surface area contributed by atoms with E-state index in [-0.39, 0.29) is 11.8 Å². The lowest BCUT2D eigenvalue weighted by molar-refractivity contribution is -0.118. The number of methoxy groups -OCH3 is 1. The Kier molecular flexibility index (Phi) is 4.74. The number of nitrogens with zero attached hydrogens (tertiary/aromatic N) is 1. The van der Waals surface area contributed by atoms with Gasteiger partial charge in [0.15, 0.2) is 0 Å². The molecule has 5 heteroatoms. The van der Waals surface area contributed by atoms with Gasteiger partial charge in [-0.1, -0.05) is 18.2 Å². The Balaban J connectivity index is 1.74. The third-order valence-corrected chi connectivity index (χ3v) is 4.66. The number of carbonyl (C=O) groups is 2. The van der Waals surface area contributed by atoms with Crippen molar-refractivity contribution in [1.82, 2.24) is 5.32 Å². The number of amides is 2. The monoisotopic (exact) mass is 338 g/mol. The molecule has 0 unspecified atom stereocenters. The molecule has 1 aliphatic rings. The molecule has 2 amide bonds. The van der Waals surface area contributed by atoms with E-state index in [0.29, 0.717) is 24.3 Å². The van der Waals surface area contributed by atoms with E-state index in [2.05, 4.69) is 5.32 Å². The van der Waals surface area contributed by atoms with Gasteiger partial charge in [0, 0.05) is 12.2 Å². The van der Waals surface area contributed by atoms with Crippen molar-refractivity contribution < 1.29 is 14.3 Å². The smallest absolute Gasteiger partial charge is 0.255 e. The summed E-state index contributed by atoms with van der Waals surface area (Å²) in [5.74, 6) is 0.126. The number of hydrogen-bond donors (Lipinski definition) is 1. The number of para-hydroxylation sites is 1. The Morgan fingerprint density at radius 2 is 1.92 bits per heavy atom. The molecule has 1 saturated heterocycles. The number of benzene rings is 2. The molecular formula is C20H22N2O3. The summed E-state index contributed by atoms with van der Waals surface area (Å²) in [6.07, 6.45) is 0.590. The van der Waals surface area contributed by atoms with Crippen molar-refractivity contribution in [1.29, 1.82) is 0 Å². The van der Waals surface area contributed by atoms with Gasteiger partial charge in [-0.3, -0.25) is 9.59 Å². The van der Waals surface area contributed by atoms with Gasteiger partial charge in [0.2, 0.25) is 5.91 Å². The van der Waals surface area contributed by atoms with Gasteiger partial charge in [0.05, 0.1) is 12.7 Å². The Hall–Kier alpha value is -2.82. The Morgan fingerprint density at radius 3 is 2.64 bits per heavy atom. The zero-order chi connectivity index (χ0) is 18.0. The van der Waals surface area contributed by atoms with Crippen LogP contribution in [0.2, 0.25) is 0 Å². The van der Waals surface area contributed by atoms with E-state index < -0.39 is 6.04 Å². The van der Waals surface area contributed by atoms with Crippen molar-refractivity contribution in [3.05, 3.63) is 59.2 Å². The maximum atomic E-state index is 12.7. The number of hydrogen-bond acceptors (Lipinski definition) is 3. The average molecular weight is 338 g/mol. The van der Waals surface area contributed by atoms with Crippen LogP contribution in [0.4, 0.5) is 5.69 Å². The minimum Gasteiger partial charge on any atom is -0.496 e. The summed E-state index contributed by atoms with van der Waals surface area (Å²) in [7, 11) is 1.52. The molecule has 2 aromatic rings. The highest BCUT2D eigenvalue weighted by molar-refractivity contribution is 6.04. The summed E-state index contributed by atoms with van der Waals surface area (Å²) in [6.45, 7) is 4.67. The van der Waals surface area contributed by atoms with Crippen molar-refractivity contribution in [2.24, 2.45) is 0 Å². The Morgan fingerprint density at radius 1 is 1.16 bits per heavy atom. The predicted molar refractivity (Wildman–Crippen MR) is 97.1 cm³/mol. The molecular weight excluding hydrogens is 316 g/mol. The van der Waals surface area contributed by atoms with Crippen LogP contribution in [0.3, 0.4) is 0 Å². The first kappa shape index (κ1) is 17.0. The van der Waals surface area contributed by atoms with Crippen LogP contribution >= 0.6 is 0 Å². The quantitative estimate of drug-likeness (QED) is 0.932. The third-order valence-electron chi connectivity index (χ3n) is 4.66. The standard InChI is InChI=1S/C20H22N2O3/c1-13-8-9-15(12-14(13)2)22-11-10-17(20(22)24)21-19(23)16-6-4-5-7-18(16)25-3/h4-9,12,17H,10-11H2,1-3H3,(H,21,23)/t17-/m0/s1. The van der Waals surface area contributed by atoms with Gasteiger partial charge >= 0.3 is 0 Å². The molecule has 5 nitrogen and oxygen atoms in total. The number of carbonyl (C=O) groups excluding carboxylic acids is 2. The van der Waals surface area contributed by atoms with Crippen molar-refractivity contribution >= 4 is 17.5 Å². The fourth-order valence-electron chi connectivity index (χ4n) is 3.03. The second-order valence-electron chi connectivity index (χ2n) is 6.27. The van der Waals surface area contributed by atoms with Gasteiger partial charge in [-0.25, -0.2) is 0 Å². The zero-order valence-electron chi connectivity index (χ0n) is 14.7. The predicted octanol–water partition coefficient (Wildman–Crippen LogP) is 2.85. The molecule has 1 fully saturated rings. The molecule has 0 aromatic heterocycles. The Labute approximate surface area is 147 Å². The van der Waals surface area contributed by atoms with Gasteiger partial charge in [0.1, 0.15) is 11.8 Å². The fourth-order valence-corrected chi connectivity index (χ4v) is 3.03. The average Bonchev–Trinajstić information content (AvgIpc) is 2.98. The normalized spacial score (nSPS) is 16.8. The second-order valence-corrected chi connectivity index (χ2v) is 6.27. The molecule has 0 bridgehead atoms. The van der Waals surface area contributed by atoms with E-state index in [4.69, 9.17) is 4.74 Å². The van der Waals surface area contributed by atoms with Gasteiger partial charge in [-0.2, -0.15) is 0 Å². The van der Waals surface area contributed by atoms with Crippen LogP contribution in [0.15, 0.2) is 42.5 Å². The van der Waals surface area contributed by atoms with Gasteiger partial charge < -0.3 is 15.0 Å². The largest absolute Gasteiger partial charge is 0.496 e. The van der Waals surface area contributed by atoms with Crippen LogP contribution in [-0.4, -0.2) is 31.5 Å². The molecule has 0 spiro atoms. The van der Waals surface area contributed by atoms with Crippen LogP contribution in [0.25, 0.3) is 0 Å². The highest BCUT2D eigenvalue weighted by Crippen LogP contribution is 2.25. The van der Waals surface area contributed by atoms with Crippen molar-refractivity contribution in [2.75, 3.05) is 18.6 Å². The van der Waals surface area contributed by atoms with Crippen LogP contribution < -0.4 is 15.0 Å². The molecule has 1 aliphatic heterocycles. The van der Waals surface area contributed by atoms with E-state index in [1.807, 2.05) is 32.0 Å². The summed E-state index contributed by atoms with van der Waals surface area (Å²) in [4.78, 5) is 26.9. The van der Waals surface area contributed by atoms with E-state index in [0.717, 1.165) is 11.3 Å². The van der Waals surface area contributed by atoms with Crippen molar-refractivity contribution in [3.63, 3.8) is 0 Å². The highest BCUT2D eigenvalue weighted by Gasteiger charge is 2.34. The maximum Gasteiger partial charge on any atom is 0.255 e. The molecule has 1 heterocycles. The van der Waals surface area contributed by atoms with Crippen molar-refractivity contribution in [3.8, 4) is 5.75 Å². The first-order valence-electron chi connectivity index (χ1n) is 8.34. The summed E-state index contributed by atoms with van der Waals surface area (Å²) < 4.78 is 5.22. The second kappa shape index (κ2) is 6.97. The summed E-state index contributed by atoms with van der Waals surface area (Å²) >= 11 is 0. The lowest BCUT2D eigenvalue weighted by Crippen LogP contribution is -2.41. The first-order chi connectivity index (χ1) is 12.0. The molecule has 25 heavy (non-hydrogen) atoms. The van der Waals surface area contributed by atoms with E-state index in [1.54, 1.807) is 29.2 Å². The van der Waals surface area contributed by atoms with E-state index >= 15 is 0 Å². The third kappa shape index (κ3) is 3.36. The minimum absolute atomic E-state index is 0.0773. The van der Waals surface area contributed by atoms with E-state index in [1.165, 1.54) is 12.7 Å². The number of rotatable bonds is 4. The van der Waals surface area contributed by atoms with Crippen LogP contribution in [0, 0.1) is 13.8 Å². The molecule has 3 rings (SSSR count). The Bertz CT molecular complexity index is 816. The fraction of sp³-hybridized carbons (Fsp3) is 0.300. The van der Waals surface area contributed by atoms with Gasteiger partial charge in [-0.05, 0) is 55.7 Å². The highest BCUT2D eigenvalue weighted by atomic mass is 16.5. The molecule has 2 aromatic carbocycles. The van der Waals surface area contributed by atoms with Crippen LogP contribution in [0.1, 0.15) is 27.9 Å². The zero-order valence-corrected chi connectivity index (χ0v) is 14.7. The SMILES string of the molecule is COc1ccccc1C(=O)N[C@H]1CCN(c2ccc(C)c(C)c2)C1=O. The van der Waals surface area contributed by atoms with Gasteiger partial charge in [0.25, 0.3) is 5.91 Å². The lowest BCUT2D eigenvalue weighted by Gasteiger charge is -2.18. The number of anilines is 1. The molecule has 0 saturated carbocycles. The molecule has 0 radical (unpaired) electrons. The summed E-state index contributed by atoms with van der Waals surface area (Å²) in [6, 6.07) is 12.5. The number of nitrogens with one attached hydrogen (secondary N) is 1. The first-order valence-corrected chi connectivity index (χ1v) is 8.34. The topological polar surface area (TPSA) is 58.6 Å². The maximum absolute atomic E-state index is 12.7. The molecule has 130 valence electrons. The molecule has 1 atom stereocenters. The number of aryl methyl sites for hydroxylation is 2. The minimum atomic E-state index is -0.515.